The maximum atomic E-state index is 12.1. The summed E-state index contributed by atoms with van der Waals surface area (Å²) in [6, 6.07) is 11.1. The van der Waals surface area contributed by atoms with E-state index in [-0.39, 0.29) is 17.9 Å². The summed E-state index contributed by atoms with van der Waals surface area (Å²) in [7, 11) is 0. The molecule has 0 aliphatic carbocycles. The van der Waals surface area contributed by atoms with Gasteiger partial charge in [-0.25, -0.2) is 0 Å². The van der Waals surface area contributed by atoms with E-state index in [0.29, 0.717) is 17.0 Å². The van der Waals surface area contributed by atoms with E-state index >= 15 is 0 Å². The molecule has 0 saturated heterocycles. The number of hydrogen-bond donors (Lipinski definition) is 2. The molecule has 2 aromatic rings. The van der Waals surface area contributed by atoms with E-state index in [2.05, 4.69) is 10.6 Å². The molecule has 1 aromatic heterocycles. The van der Waals surface area contributed by atoms with Crippen molar-refractivity contribution in [1.82, 2.24) is 10.6 Å². The highest BCUT2D eigenvalue weighted by Crippen LogP contribution is 2.10. The Labute approximate surface area is 134 Å². The molecule has 0 unspecified atom stereocenters. The Morgan fingerprint density at radius 2 is 2.00 bits per heavy atom. The van der Waals surface area contributed by atoms with Crippen molar-refractivity contribution in [3.8, 4) is 0 Å². The van der Waals surface area contributed by atoms with Crippen molar-refractivity contribution >= 4 is 23.2 Å². The summed E-state index contributed by atoms with van der Waals surface area (Å²) in [6.07, 6.45) is 0.891. The molecule has 1 heterocycles. The third-order valence-corrected chi connectivity index (χ3v) is 4.25. The Morgan fingerprint density at radius 3 is 2.68 bits per heavy atom. The summed E-state index contributed by atoms with van der Waals surface area (Å²) in [5.41, 5.74) is 1.52. The molecule has 2 N–H and O–H groups in total. The number of carbonyl (C=O) groups excluding carboxylic acids is 2. The van der Waals surface area contributed by atoms with E-state index in [1.807, 2.05) is 43.5 Å². The molecule has 0 saturated carbocycles. The molecular formula is C17H20N2O2S. The molecule has 0 bridgehead atoms. The van der Waals surface area contributed by atoms with Gasteiger partial charge in [0, 0.05) is 18.2 Å². The molecule has 5 heteroatoms. The molecule has 4 nitrogen and oxygen atoms in total. The van der Waals surface area contributed by atoms with Gasteiger partial charge < -0.3 is 10.6 Å². The second kappa shape index (κ2) is 7.75. The van der Waals surface area contributed by atoms with Crippen LogP contribution >= 0.6 is 11.3 Å². The molecule has 1 aromatic carbocycles. The number of rotatable bonds is 6. The zero-order chi connectivity index (χ0) is 15.9. The van der Waals surface area contributed by atoms with Crippen molar-refractivity contribution < 1.29 is 9.59 Å². The fourth-order valence-electron chi connectivity index (χ4n) is 1.91. The lowest BCUT2D eigenvalue weighted by Crippen LogP contribution is -2.32. The Balaban J connectivity index is 1.96. The lowest BCUT2D eigenvalue weighted by Gasteiger charge is -2.12. The molecular weight excluding hydrogens is 296 g/mol. The number of benzene rings is 1. The fourth-order valence-corrected chi connectivity index (χ4v) is 2.55. The zero-order valence-corrected chi connectivity index (χ0v) is 13.6. The van der Waals surface area contributed by atoms with Crippen LogP contribution < -0.4 is 10.6 Å². The maximum Gasteiger partial charge on any atom is 0.261 e. The first-order valence-corrected chi connectivity index (χ1v) is 8.19. The Hall–Kier alpha value is -2.14. The number of carbonyl (C=O) groups is 2. The molecule has 0 radical (unpaired) electrons. The summed E-state index contributed by atoms with van der Waals surface area (Å²) in [4.78, 5) is 24.7. The lowest BCUT2D eigenvalue weighted by molar-refractivity contribution is 0.0937. The average molecular weight is 316 g/mol. The molecule has 116 valence electrons. The van der Waals surface area contributed by atoms with Crippen LogP contribution in [-0.4, -0.2) is 17.9 Å². The van der Waals surface area contributed by atoms with Gasteiger partial charge in [-0.2, -0.15) is 0 Å². The summed E-state index contributed by atoms with van der Waals surface area (Å²) >= 11 is 1.41. The van der Waals surface area contributed by atoms with Crippen molar-refractivity contribution in [3.05, 3.63) is 57.8 Å². The predicted octanol–water partition coefficient (Wildman–Crippen LogP) is 3.21. The van der Waals surface area contributed by atoms with E-state index in [0.717, 1.165) is 12.0 Å². The monoisotopic (exact) mass is 316 g/mol. The quantitative estimate of drug-likeness (QED) is 0.860. The van der Waals surface area contributed by atoms with Gasteiger partial charge in [0.25, 0.3) is 11.8 Å². The number of thiophene rings is 1. The van der Waals surface area contributed by atoms with E-state index in [1.54, 1.807) is 12.1 Å². The minimum Gasteiger partial charge on any atom is -0.350 e. The minimum absolute atomic E-state index is 0.0826. The van der Waals surface area contributed by atoms with Crippen molar-refractivity contribution in [2.24, 2.45) is 0 Å². The molecule has 2 amide bonds. The topological polar surface area (TPSA) is 58.2 Å². The number of nitrogens with one attached hydrogen (secondary N) is 2. The van der Waals surface area contributed by atoms with Crippen LogP contribution in [-0.2, 0) is 6.54 Å². The van der Waals surface area contributed by atoms with Gasteiger partial charge in [-0.05, 0) is 42.5 Å². The van der Waals surface area contributed by atoms with Gasteiger partial charge in [0.1, 0.15) is 0 Å². The normalized spacial score (nSPS) is 11.7. The Morgan fingerprint density at radius 1 is 1.18 bits per heavy atom. The molecule has 22 heavy (non-hydrogen) atoms. The third-order valence-electron chi connectivity index (χ3n) is 3.38. The Bertz CT molecular complexity index is 638. The number of amides is 2. The highest BCUT2D eigenvalue weighted by Gasteiger charge is 2.10. The van der Waals surface area contributed by atoms with E-state index in [4.69, 9.17) is 0 Å². The standard InChI is InChI=1S/C17H20N2O2S/c1-3-12(2)19-16(20)14-7-4-6-13(10-14)11-18-17(21)15-8-5-9-22-15/h4-10,12H,3,11H2,1-2H3,(H,18,21)(H,19,20)/t12-/m1/s1. The third kappa shape index (κ3) is 4.43. The largest absolute Gasteiger partial charge is 0.350 e. The van der Waals surface area contributed by atoms with Crippen LogP contribution in [0.15, 0.2) is 41.8 Å². The van der Waals surface area contributed by atoms with Gasteiger partial charge in [-0.3, -0.25) is 9.59 Å². The molecule has 0 aliphatic heterocycles. The summed E-state index contributed by atoms with van der Waals surface area (Å²) in [5.74, 6) is -0.176. The fraction of sp³-hybridized carbons (Fsp3) is 0.294. The predicted molar refractivity (Wildman–Crippen MR) is 89.2 cm³/mol. The molecule has 1 atom stereocenters. The highest BCUT2D eigenvalue weighted by molar-refractivity contribution is 7.12. The molecule has 0 fully saturated rings. The van der Waals surface area contributed by atoms with Gasteiger partial charge in [-0.1, -0.05) is 25.1 Å². The SMILES string of the molecule is CC[C@@H](C)NC(=O)c1cccc(CNC(=O)c2cccs2)c1. The lowest BCUT2D eigenvalue weighted by atomic mass is 10.1. The Kier molecular flexibility index (Phi) is 5.72. The van der Waals surface area contributed by atoms with Crippen LogP contribution in [0.2, 0.25) is 0 Å². The van der Waals surface area contributed by atoms with E-state index in [9.17, 15) is 9.59 Å². The first-order chi connectivity index (χ1) is 10.6. The van der Waals surface area contributed by atoms with Gasteiger partial charge in [0.05, 0.1) is 4.88 Å². The van der Waals surface area contributed by atoms with Gasteiger partial charge >= 0.3 is 0 Å². The van der Waals surface area contributed by atoms with Crippen LogP contribution in [0.25, 0.3) is 0 Å². The van der Waals surface area contributed by atoms with Crippen molar-refractivity contribution in [2.75, 3.05) is 0 Å². The first-order valence-electron chi connectivity index (χ1n) is 7.31. The van der Waals surface area contributed by atoms with Crippen LogP contribution in [0.3, 0.4) is 0 Å². The minimum atomic E-state index is -0.0931. The van der Waals surface area contributed by atoms with Crippen LogP contribution in [0, 0.1) is 0 Å². The summed E-state index contributed by atoms with van der Waals surface area (Å²) in [6.45, 7) is 4.41. The maximum absolute atomic E-state index is 12.1. The van der Waals surface area contributed by atoms with Crippen LogP contribution in [0.5, 0.6) is 0 Å². The molecule has 2 rings (SSSR count). The smallest absolute Gasteiger partial charge is 0.261 e. The van der Waals surface area contributed by atoms with Crippen molar-refractivity contribution in [3.63, 3.8) is 0 Å². The van der Waals surface area contributed by atoms with Gasteiger partial charge in [0.15, 0.2) is 0 Å². The van der Waals surface area contributed by atoms with Gasteiger partial charge in [0.2, 0.25) is 0 Å². The molecule has 0 spiro atoms. The molecule has 0 aliphatic rings. The highest BCUT2D eigenvalue weighted by atomic mass is 32.1. The van der Waals surface area contributed by atoms with E-state index in [1.165, 1.54) is 11.3 Å². The van der Waals surface area contributed by atoms with Gasteiger partial charge in [-0.15, -0.1) is 11.3 Å². The second-order valence-corrected chi connectivity index (χ2v) is 6.09. The second-order valence-electron chi connectivity index (χ2n) is 5.14. The van der Waals surface area contributed by atoms with Crippen molar-refractivity contribution in [2.45, 2.75) is 32.9 Å². The van der Waals surface area contributed by atoms with Crippen LogP contribution in [0.1, 0.15) is 45.9 Å². The number of hydrogen-bond acceptors (Lipinski definition) is 3. The zero-order valence-electron chi connectivity index (χ0n) is 12.8. The summed E-state index contributed by atoms with van der Waals surface area (Å²) < 4.78 is 0. The van der Waals surface area contributed by atoms with Crippen LogP contribution in [0.4, 0.5) is 0 Å². The average Bonchev–Trinajstić information content (AvgIpc) is 3.07. The first kappa shape index (κ1) is 16.2. The van der Waals surface area contributed by atoms with E-state index < -0.39 is 0 Å². The van der Waals surface area contributed by atoms with Crippen molar-refractivity contribution in [1.29, 1.82) is 0 Å². The summed E-state index contributed by atoms with van der Waals surface area (Å²) in [5, 5.41) is 7.66.